The van der Waals surface area contributed by atoms with Crippen molar-refractivity contribution in [2.75, 3.05) is 13.6 Å². The van der Waals surface area contributed by atoms with Gasteiger partial charge in [0.05, 0.1) is 0 Å². The minimum absolute atomic E-state index is 0.131. The van der Waals surface area contributed by atoms with Crippen molar-refractivity contribution in [3.05, 3.63) is 11.8 Å². The topological polar surface area (TPSA) is 51.0 Å². The molecule has 1 saturated carbocycles. The van der Waals surface area contributed by atoms with E-state index in [4.69, 9.17) is 4.42 Å². The summed E-state index contributed by atoms with van der Waals surface area (Å²) in [4.78, 5) is 0. The summed E-state index contributed by atoms with van der Waals surface area (Å²) in [6, 6.07) is 0. The highest BCUT2D eigenvalue weighted by molar-refractivity contribution is 5.03. The normalized spacial score (nSPS) is 19.4. The molecule has 1 heterocycles. The largest absolute Gasteiger partial charge is 0.425 e. The molecule has 0 aromatic carbocycles. The Morgan fingerprint density at radius 1 is 1.24 bits per heavy atom. The first kappa shape index (κ1) is 12.6. The van der Waals surface area contributed by atoms with E-state index in [1.807, 2.05) is 7.05 Å². The Labute approximate surface area is 103 Å². The Kier molecular flexibility index (Phi) is 4.15. The van der Waals surface area contributed by atoms with Crippen LogP contribution in [0.5, 0.6) is 0 Å². The van der Waals surface area contributed by atoms with Crippen molar-refractivity contribution in [2.45, 2.75) is 57.3 Å². The molecule has 0 unspecified atom stereocenters. The molecule has 0 spiro atoms. The molecule has 1 aromatic heterocycles. The van der Waals surface area contributed by atoms with Crippen molar-refractivity contribution in [2.24, 2.45) is 0 Å². The summed E-state index contributed by atoms with van der Waals surface area (Å²) >= 11 is 0. The molecule has 0 aliphatic heterocycles. The van der Waals surface area contributed by atoms with Crippen LogP contribution in [0.4, 0.5) is 0 Å². The molecular formula is C13H23N3O. The van der Waals surface area contributed by atoms with E-state index in [1.54, 1.807) is 0 Å². The fraction of sp³-hybridized carbons (Fsp3) is 0.846. The van der Waals surface area contributed by atoms with E-state index >= 15 is 0 Å². The number of nitrogens with zero attached hydrogens (tertiary/aromatic N) is 2. The van der Waals surface area contributed by atoms with Gasteiger partial charge in [-0.25, -0.2) is 0 Å². The zero-order chi connectivity index (χ0) is 12.1. The third-order valence-electron chi connectivity index (χ3n) is 3.76. The molecule has 4 nitrogen and oxygen atoms in total. The number of aryl methyl sites for hydroxylation is 1. The molecule has 4 heteroatoms. The van der Waals surface area contributed by atoms with Gasteiger partial charge in [-0.1, -0.05) is 26.2 Å². The first-order chi connectivity index (χ1) is 8.24. The van der Waals surface area contributed by atoms with E-state index in [1.165, 1.54) is 32.1 Å². The highest BCUT2D eigenvalue weighted by atomic mass is 16.4. The van der Waals surface area contributed by atoms with Gasteiger partial charge in [0.25, 0.3) is 0 Å². The Morgan fingerprint density at radius 2 is 2.00 bits per heavy atom. The maximum absolute atomic E-state index is 5.82. The first-order valence-corrected chi connectivity index (χ1v) is 6.72. The highest BCUT2D eigenvalue weighted by Gasteiger charge is 2.33. The van der Waals surface area contributed by atoms with Gasteiger partial charge in [-0.2, -0.15) is 0 Å². The summed E-state index contributed by atoms with van der Waals surface area (Å²) in [5.41, 5.74) is 0.131. The summed E-state index contributed by atoms with van der Waals surface area (Å²) in [7, 11) is 1.96. The molecule has 0 amide bonds. The minimum Gasteiger partial charge on any atom is -0.425 e. The number of hydrogen-bond donors (Lipinski definition) is 1. The maximum Gasteiger partial charge on any atom is 0.222 e. The van der Waals surface area contributed by atoms with Gasteiger partial charge in [0.1, 0.15) is 0 Å². The van der Waals surface area contributed by atoms with Crippen LogP contribution in [0.2, 0.25) is 0 Å². The van der Waals surface area contributed by atoms with Crippen LogP contribution in [0, 0.1) is 0 Å². The Morgan fingerprint density at radius 3 is 2.71 bits per heavy atom. The molecule has 1 aromatic rings. The van der Waals surface area contributed by atoms with Crippen molar-refractivity contribution in [3.63, 3.8) is 0 Å². The maximum atomic E-state index is 5.82. The minimum atomic E-state index is 0.131. The van der Waals surface area contributed by atoms with Crippen LogP contribution in [0.15, 0.2) is 4.42 Å². The number of nitrogens with one attached hydrogen (secondary N) is 1. The van der Waals surface area contributed by atoms with Gasteiger partial charge in [-0.05, 0) is 32.9 Å². The van der Waals surface area contributed by atoms with E-state index in [9.17, 15) is 0 Å². The predicted octanol–water partition coefficient (Wildman–Crippen LogP) is 2.44. The van der Waals surface area contributed by atoms with Crippen molar-refractivity contribution in [1.82, 2.24) is 15.5 Å². The second-order valence-corrected chi connectivity index (χ2v) is 5.33. The van der Waals surface area contributed by atoms with Crippen LogP contribution in [-0.2, 0) is 11.8 Å². The zero-order valence-electron chi connectivity index (χ0n) is 11.0. The van der Waals surface area contributed by atoms with Gasteiger partial charge in [0.15, 0.2) is 0 Å². The van der Waals surface area contributed by atoms with Gasteiger partial charge in [0.2, 0.25) is 11.8 Å². The lowest BCUT2D eigenvalue weighted by Crippen LogP contribution is -2.25. The van der Waals surface area contributed by atoms with Crippen LogP contribution < -0.4 is 5.32 Å². The third kappa shape index (κ3) is 3.06. The molecular weight excluding hydrogens is 214 g/mol. The summed E-state index contributed by atoms with van der Waals surface area (Å²) in [6.45, 7) is 3.26. The summed E-state index contributed by atoms with van der Waals surface area (Å²) in [6.07, 6.45) is 8.22. The number of aromatic nitrogens is 2. The molecule has 2 rings (SSSR count). The molecule has 0 bridgehead atoms. The van der Waals surface area contributed by atoms with Crippen molar-refractivity contribution >= 4 is 0 Å². The van der Waals surface area contributed by atoms with Crippen LogP contribution >= 0.6 is 0 Å². The molecule has 1 N–H and O–H groups in total. The van der Waals surface area contributed by atoms with Gasteiger partial charge in [-0.3, -0.25) is 0 Å². The van der Waals surface area contributed by atoms with Crippen LogP contribution in [0.25, 0.3) is 0 Å². The van der Waals surface area contributed by atoms with Crippen LogP contribution in [-0.4, -0.2) is 23.8 Å². The predicted molar refractivity (Wildman–Crippen MR) is 67.0 cm³/mol. The quantitative estimate of drug-likeness (QED) is 0.799. The summed E-state index contributed by atoms with van der Waals surface area (Å²) in [5, 5.41) is 11.5. The number of rotatable bonds is 5. The lowest BCUT2D eigenvalue weighted by Gasteiger charge is -2.29. The van der Waals surface area contributed by atoms with Crippen molar-refractivity contribution < 1.29 is 4.42 Å². The van der Waals surface area contributed by atoms with Gasteiger partial charge >= 0.3 is 0 Å². The van der Waals surface area contributed by atoms with E-state index in [0.717, 1.165) is 31.2 Å². The first-order valence-electron chi connectivity index (χ1n) is 6.72. The van der Waals surface area contributed by atoms with E-state index in [0.29, 0.717) is 0 Å². The lowest BCUT2D eigenvalue weighted by molar-refractivity contribution is 0.251. The lowest BCUT2D eigenvalue weighted by atomic mass is 9.76. The average molecular weight is 237 g/mol. The van der Waals surface area contributed by atoms with E-state index < -0.39 is 0 Å². The van der Waals surface area contributed by atoms with Crippen LogP contribution in [0.1, 0.15) is 57.2 Å². The summed E-state index contributed by atoms with van der Waals surface area (Å²) in [5.74, 6) is 1.65. The molecule has 1 aliphatic rings. The molecule has 1 fully saturated rings. The Balaban J connectivity index is 1.96. The van der Waals surface area contributed by atoms with Crippen molar-refractivity contribution in [3.8, 4) is 0 Å². The number of hydrogen-bond acceptors (Lipinski definition) is 4. The molecule has 0 radical (unpaired) electrons. The summed E-state index contributed by atoms with van der Waals surface area (Å²) < 4.78 is 5.82. The molecule has 1 aliphatic carbocycles. The second-order valence-electron chi connectivity index (χ2n) is 5.33. The SMILES string of the molecule is CNCCCc1nnc(C2(C)CCCCC2)o1. The van der Waals surface area contributed by atoms with Crippen molar-refractivity contribution in [1.29, 1.82) is 0 Å². The van der Waals surface area contributed by atoms with Crippen LogP contribution in [0.3, 0.4) is 0 Å². The highest BCUT2D eigenvalue weighted by Crippen LogP contribution is 2.38. The third-order valence-corrected chi connectivity index (χ3v) is 3.76. The Bertz CT molecular complexity index is 342. The smallest absolute Gasteiger partial charge is 0.222 e. The molecule has 0 atom stereocenters. The molecule has 96 valence electrons. The van der Waals surface area contributed by atoms with Gasteiger partial charge in [-0.15, -0.1) is 10.2 Å². The van der Waals surface area contributed by atoms with E-state index in [2.05, 4.69) is 22.4 Å². The van der Waals surface area contributed by atoms with E-state index in [-0.39, 0.29) is 5.41 Å². The fourth-order valence-corrected chi connectivity index (χ4v) is 2.56. The van der Waals surface area contributed by atoms with Gasteiger partial charge in [0, 0.05) is 11.8 Å². The van der Waals surface area contributed by atoms with Gasteiger partial charge < -0.3 is 9.73 Å². The Hall–Kier alpha value is -0.900. The zero-order valence-corrected chi connectivity index (χ0v) is 11.0. The molecule has 17 heavy (non-hydrogen) atoms. The monoisotopic (exact) mass is 237 g/mol. The fourth-order valence-electron chi connectivity index (χ4n) is 2.56. The second kappa shape index (κ2) is 5.63. The molecule has 0 saturated heterocycles. The standard InChI is InChI=1S/C13H23N3O/c1-13(8-4-3-5-9-13)12-16-15-11(17-12)7-6-10-14-2/h14H,3-10H2,1-2H3. The average Bonchev–Trinajstić information content (AvgIpc) is 2.80.